The number of nitrogens with one attached hydrogen (secondary N) is 1. The van der Waals surface area contributed by atoms with Crippen LogP contribution in [-0.2, 0) is 10.3 Å². The van der Waals surface area contributed by atoms with Gasteiger partial charge in [-0.15, -0.1) is 0 Å². The second-order valence-corrected chi connectivity index (χ2v) is 7.50. The van der Waals surface area contributed by atoms with Gasteiger partial charge >= 0.3 is 6.18 Å². The molecule has 2 aliphatic rings. The quantitative estimate of drug-likeness (QED) is 0.683. The van der Waals surface area contributed by atoms with E-state index < -0.39 is 42.2 Å². The SMILES string of the molecule is N#CCC1(n2cc(C(N)=O)c(NC(=O)C3CC3F)n2)CCN(CC(F)(F)F)CC1. The lowest BCUT2D eigenvalue weighted by atomic mass is 9.85. The summed E-state index contributed by atoms with van der Waals surface area (Å²) in [4.78, 5) is 25.0. The molecule has 0 aromatic carbocycles. The molecule has 0 spiro atoms. The van der Waals surface area contributed by atoms with Gasteiger partial charge in [0.15, 0.2) is 5.82 Å². The standard InChI is InChI=1S/C17H20F4N6O2/c18-12-7-10(12)15(29)24-14-11(13(23)28)8-27(25-14)16(1-4-22)2-5-26(6-3-16)9-17(19,20)21/h8,10,12H,1-3,5-7,9H2,(H2,23,28)(H,24,25,29). The molecule has 1 aliphatic carbocycles. The normalized spacial score (nSPS) is 24.0. The Hall–Kier alpha value is -2.68. The summed E-state index contributed by atoms with van der Waals surface area (Å²) >= 11 is 0. The number of rotatable bonds is 6. The van der Waals surface area contributed by atoms with E-state index in [1.807, 2.05) is 6.07 Å². The van der Waals surface area contributed by atoms with Crippen LogP contribution in [0.3, 0.4) is 0 Å². The number of carbonyl (C=O) groups is 2. The van der Waals surface area contributed by atoms with Crippen molar-refractivity contribution in [2.75, 3.05) is 25.0 Å². The molecule has 3 rings (SSSR count). The van der Waals surface area contributed by atoms with Gasteiger partial charge in [-0.1, -0.05) is 0 Å². The average Bonchev–Trinajstić information content (AvgIpc) is 3.19. The summed E-state index contributed by atoms with van der Waals surface area (Å²) in [5.74, 6) is -2.45. The molecule has 158 valence electrons. The smallest absolute Gasteiger partial charge is 0.365 e. The van der Waals surface area contributed by atoms with Gasteiger partial charge in [0.25, 0.3) is 5.91 Å². The third-order valence-corrected chi connectivity index (χ3v) is 5.35. The van der Waals surface area contributed by atoms with Crippen LogP contribution in [0, 0.1) is 17.2 Å². The number of nitrogens with two attached hydrogens (primary N) is 1. The number of likely N-dealkylation sites (tertiary alicyclic amines) is 1. The van der Waals surface area contributed by atoms with Crippen LogP contribution in [-0.4, -0.2) is 58.5 Å². The van der Waals surface area contributed by atoms with Crippen molar-refractivity contribution in [3.63, 3.8) is 0 Å². The van der Waals surface area contributed by atoms with Crippen LogP contribution in [0.15, 0.2) is 6.20 Å². The molecule has 1 saturated carbocycles. The Morgan fingerprint density at radius 3 is 2.48 bits per heavy atom. The van der Waals surface area contributed by atoms with Crippen LogP contribution in [0.2, 0.25) is 0 Å². The van der Waals surface area contributed by atoms with Crippen LogP contribution in [0.1, 0.15) is 36.0 Å². The maximum Gasteiger partial charge on any atom is 0.401 e. The summed E-state index contributed by atoms with van der Waals surface area (Å²) in [5, 5.41) is 15.8. The lowest BCUT2D eigenvalue weighted by Crippen LogP contribution is -2.48. The minimum Gasteiger partial charge on any atom is -0.365 e. The van der Waals surface area contributed by atoms with Crippen molar-refractivity contribution in [2.24, 2.45) is 11.7 Å². The van der Waals surface area contributed by atoms with Crippen LogP contribution in [0.5, 0.6) is 0 Å². The summed E-state index contributed by atoms with van der Waals surface area (Å²) < 4.78 is 52.3. The Bertz CT molecular complexity index is 838. The lowest BCUT2D eigenvalue weighted by molar-refractivity contribution is -0.150. The molecule has 2 unspecified atom stereocenters. The van der Waals surface area contributed by atoms with Gasteiger partial charge in [0, 0.05) is 19.3 Å². The topological polar surface area (TPSA) is 117 Å². The fourth-order valence-electron chi connectivity index (χ4n) is 3.55. The van der Waals surface area contributed by atoms with E-state index in [4.69, 9.17) is 5.73 Å². The average molecular weight is 416 g/mol. The van der Waals surface area contributed by atoms with Crippen molar-refractivity contribution in [1.29, 1.82) is 5.26 Å². The zero-order valence-corrected chi connectivity index (χ0v) is 15.4. The molecular weight excluding hydrogens is 396 g/mol. The van der Waals surface area contributed by atoms with Crippen molar-refractivity contribution >= 4 is 17.6 Å². The van der Waals surface area contributed by atoms with Crippen molar-refractivity contribution in [3.05, 3.63) is 11.8 Å². The van der Waals surface area contributed by atoms with Crippen LogP contribution in [0.25, 0.3) is 0 Å². The number of piperidine rings is 1. The van der Waals surface area contributed by atoms with Gasteiger partial charge in [-0.05, 0) is 19.3 Å². The van der Waals surface area contributed by atoms with Crippen molar-refractivity contribution in [3.8, 4) is 6.07 Å². The monoisotopic (exact) mass is 416 g/mol. The second kappa shape index (κ2) is 7.62. The first-order chi connectivity index (χ1) is 13.5. The van der Waals surface area contributed by atoms with E-state index in [1.54, 1.807) is 0 Å². The van der Waals surface area contributed by atoms with E-state index in [0.29, 0.717) is 0 Å². The minimum absolute atomic E-state index is 0.0463. The van der Waals surface area contributed by atoms with Gasteiger partial charge in [0.1, 0.15) is 11.7 Å². The zero-order valence-electron chi connectivity index (χ0n) is 15.4. The predicted molar refractivity (Wildman–Crippen MR) is 92.3 cm³/mol. The number of hydrogen-bond acceptors (Lipinski definition) is 5. The number of halogens is 4. The van der Waals surface area contributed by atoms with Gasteiger partial charge in [-0.25, -0.2) is 4.39 Å². The molecule has 1 saturated heterocycles. The van der Waals surface area contributed by atoms with Crippen LogP contribution < -0.4 is 11.1 Å². The summed E-state index contributed by atoms with van der Waals surface area (Å²) in [6.07, 6.45) is -3.85. The Morgan fingerprint density at radius 2 is 2.00 bits per heavy atom. The first-order valence-corrected chi connectivity index (χ1v) is 9.05. The molecular formula is C17H20F4N6O2. The molecule has 2 heterocycles. The first kappa shape index (κ1) is 21.0. The van der Waals surface area contributed by atoms with Gasteiger partial charge < -0.3 is 11.1 Å². The van der Waals surface area contributed by atoms with Gasteiger partial charge in [0.2, 0.25) is 5.91 Å². The van der Waals surface area contributed by atoms with E-state index >= 15 is 0 Å². The molecule has 1 aliphatic heterocycles. The summed E-state index contributed by atoms with van der Waals surface area (Å²) in [7, 11) is 0. The fourth-order valence-corrected chi connectivity index (χ4v) is 3.55. The Morgan fingerprint density at radius 1 is 1.38 bits per heavy atom. The molecule has 1 aromatic heterocycles. The number of primary amides is 1. The highest BCUT2D eigenvalue weighted by molar-refractivity contribution is 6.03. The first-order valence-electron chi connectivity index (χ1n) is 9.05. The molecule has 2 atom stereocenters. The Balaban J connectivity index is 1.82. The molecule has 12 heteroatoms. The summed E-state index contributed by atoms with van der Waals surface area (Å²) in [6.45, 7) is -0.880. The number of nitrogens with zero attached hydrogens (tertiary/aromatic N) is 4. The highest BCUT2D eigenvalue weighted by Crippen LogP contribution is 2.37. The molecule has 29 heavy (non-hydrogen) atoms. The number of carbonyl (C=O) groups excluding carboxylic acids is 2. The molecule has 0 radical (unpaired) electrons. The Labute approximate surface area is 163 Å². The van der Waals surface area contributed by atoms with E-state index in [9.17, 15) is 32.4 Å². The van der Waals surface area contributed by atoms with Crippen molar-refractivity contribution in [2.45, 2.75) is 43.6 Å². The van der Waals surface area contributed by atoms with E-state index in [1.165, 1.54) is 15.8 Å². The maximum absolute atomic E-state index is 13.1. The lowest BCUT2D eigenvalue weighted by Gasteiger charge is -2.40. The number of aromatic nitrogens is 2. The maximum atomic E-state index is 13.1. The third kappa shape index (κ3) is 4.67. The summed E-state index contributed by atoms with van der Waals surface area (Å²) in [6, 6.07) is 2.02. The molecule has 1 aromatic rings. The second-order valence-electron chi connectivity index (χ2n) is 7.50. The van der Waals surface area contributed by atoms with Gasteiger partial charge in [0.05, 0.1) is 30.5 Å². The Kier molecular flexibility index (Phi) is 5.53. The molecule has 3 N–H and O–H groups in total. The largest absolute Gasteiger partial charge is 0.401 e. The van der Waals surface area contributed by atoms with Crippen LogP contribution in [0.4, 0.5) is 23.4 Å². The van der Waals surface area contributed by atoms with E-state index in [2.05, 4.69) is 10.4 Å². The molecule has 2 fully saturated rings. The number of alkyl halides is 4. The predicted octanol–water partition coefficient (Wildman–Crippen LogP) is 1.55. The number of hydrogen-bond donors (Lipinski definition) is 2. The highest BCUT2D eigenvalue weighted by Gasteiger charge is 2.45. The highest BCUT2D eigenvalue weighted by atomic mass is 19.4. The van der Waals surface area contributed by atoms with Gasteiger partial charge in [-0.3, -0.25) is 19.2 Å². The minimum atomic E-state index is -4.32. The van der Waals surface area contributed by atoms with Crippen LogP contribution >= 0.6 is 0 Å². The number of anilines is 1. The molecule has 8 nitrogen and oxygen atoms in total. The van der Waals surface area contributed by atoms with E-state index in [-0.39, 0.29) is 50.2 Å². The third-order valence-electron chi connectivity index (χ3n) is 5.35. The molecule has 2 amide bonds. The number of amides is 2. The summed E-state index contributed by atoms with van der Waals surface area (Å²) in [5.41, 5.74) is 4.30. The fraction of sp³-hybridized carbons (Fsp3) is 0.647. The zero-order chi connectivity index (χ0) is 21.4. The number of nitriles is 1. The van der Waals surface area contributed by atoms with Crippen molar-refractivity contribution < 1.29 is 27.2 Å². The van der Waals surface area contributed by atoms with Gasteiger partial charge in [-0.2, -0.15) is 23.5 Å². The van der Waals surface area contributed by atoms with Crippen molar-refractivity contribution in [1.82, 2.24) is 14.7 Å². The van der Waals surface area contributed by atoms with E-state index in [0.717, 1.165) is 0 Å². The molecule has 0 bridgehead atoms.